The molecule has 2 rings (SSSR count). The molecule has 0 unspecified atom stereocenters. The lowest BCUT2D eigenvalue weighted by molar-refractivity contribution is -0.109. The molecule has 0 spiro atoms. The van der Waals surface area contributed by atoms with Crippen LogP contribution in [0.5, 0.6) is 0 Å². The molecular weight excluding hydrogens is 194 g/mol. The molecule has 2 nitrogen and oxygen atoms in total. The number of hydrogen-bond acceptors (Lipinski definition) is 3. The van der Waals surface area contributed by atoms with Crippen LogP contribution < -0.4 is 5.32 Å². The zero-order chi connectivity index (χ0) is 9.80. The third-order valence-electron chi connectivity index (χ3n) is 3.23. The Morgan fingerprint density at radius 3 is 2.57 bits per heavy atom. The fourth-order valence-corrected chi connectivity index (χ4v) is 4.07. The Bertz CT molecular complexity index is 192. The first-order valence-corrected chi connectivity index (χ1v) is 6.67. The first-order chi connectivity index (χ1) is 6.88. The Kier molecular flexibility index (Phi) is 3.88. The highest BCUT2D eigenvalue weighted by Crippen LogP contribution is 2.33. The van der Waals surface area contributed by atoms with Crippen molar-refractivity contribution in [1.82, 2.24) is 5.32 Å². The van der Waals surface area contributed by atoms with Gasteiger partial charge in [0.15, 0.2) is 0 Å². The van der Waals surface area contributed by atoms with E-state index in [2.05, 4.69) is 17.1 Å². The minimum absolute atomic E-state index is 0.135. The molecule has 2 fully saturated rings. The zero-order valence-corrected chi connectivity index (χ0v) is 9.39. The minimum Gasteiger partial charge on any atom is -0.307 e. The largest absolute Gasteiger partial charge is 0.307 e. The van der Waals surface area contributed by atoms with Crippen molar-refractivity contribution in [3.05, 3.63) is 0 Å². The van der Waals surface area contributed by atoms with Crippen LogP contribution in [-0.2, 0) is 4.79 Å². The van der Waals surface area contributed by atoms with E-state index in [-0.39, 0.29) is 6.04 Å². The molecule has 0 aromatic rings. The number of nitrogens with one attached hydrogen (secondary N) is 1. The van der Waals surface area contributed by atoms with E-state index in [4.69, 9.17) is 0 Å². The summed E-state index contributed by atoms with van der Waals surface area (Å²) in [6.07, 6.45) is 9.15. The van der Waals surface area contributed by atoms with Crippen LogP contribution in [-0.4, -0.2) is 29.4 Å². The molecule has 1 heterocycles. The number of carbonyl (C=O) groups is 1. The van der Waals surface area contributed by atoms with Gasteiger partial charge >= 0.3 is 0 Å². The molecule has 80 valence electrons. The van der Waals surface area contributed by atoms with Gasteiger partial charge in [-0.05, 0) is 19.3 Å². The summed E-state index contributed by atoms with van der Waals surface area (Å²) in [6.45, 7) is 1.03. The highest BCUT2D eigenvalue weighted by Gasteiger charge is 2.27. The Balaban J connectivity index is 1.72. The summed E-state index contributed by atoms with van der Waals surface area (Å²) in [6, 6.07) is 0.135. The molecule has 0 aromatic carbocycles. The predicted molar refractivity (Wildman–Crippen MR) is 60.7 cm³/mol. The standard InChI is InChI=1S/C11H19NOS/c13-8-9-6-11(7-12-9)14-10-4-2-1-3-5-10/h8-12H,1-7H2/t9-,11+/m0/s1. The van der Waals surface area contributed by atoms with Crippen molar-refractivity contribution in [1.29, 1.82) is 0 Å². The van der Waals surface area contributed by atoms with Crippen molar-refractivity contribution in [2.45, 2.75) is 55.1 Å². The van der Waals surface area contributed by atoms with Gasteiger partial charge in [0, 0.05) is 17.0 Å². The van der Waals surface area contributed by atoms with Crippen LogP contribution in [0.1, 0.15) is 38.5 Å². The lowest BCUT2D eigenvalue weighted by atomic mass is 10.0. The van der Waals surface area contributed by atoms with Gasteiger partial charge in [0.05, 0.1) is 6.04 Å². The van der Waals surface area contributed by atoms with Gasteiger partial charge in [0.2, 0.25) is 0 Å². The Morgan fingerprint density at radius 2 is 1.93 bits per heavy atom. The number of rotatable bonds is 3. The normalized spacial score (nSPS) is 34.6. The average molecular weight is 213 g/mol. The van der Waals surface area contributed by atoms with Gasteiger partial charge in [-0.15, -0.1) is 0 Å². The molecule has 2 aliphatic rings. The second-order valence-electron chi connectivity index (χ2n) is 4.40. The molecule has 1 aliphatic heterocycles. The summed E-state index contributed by atoms with van der Waals surface area (Å²) in [4.78, 5) is 10.6. The summed E-state index contributed by atoms with van der Waals surface area (Å²) >= 11 is 2.13. The summed E-state index contributed by atoms with van der Waals surface area (Å²) in [5.74, 6) is 0. The molecule has 0 radical (unpaired) electrons. The Morgan fingerprint density at radius 1 is 1.14 bits per heavy atom. The van der Waals surface area contributed by atoms with Gasteiger partial charge in [-0.3, -0.25) is 0 Å². The van der Waals surface area contributed by atoms with Crippen LogP contribution in [0.25, 0.3) is 0 Å². The first-order valence-electron chi connectivity index (χ1n) is 5.72. The number of carbonyl (C=O) groups excluding carboxylic acids is 1. The Labute approximate surface area is 90.2 Å². The summed E-state index contributed by atoms with van der Waals surface area (Å²) < 4.78 is 0. The van der Waals surface area contributed by atoms with Crippen molar-refractivity contribution in [3.8, 4) is 0 Å². The molecule has 1 N–H and O–H groups in total. The molecule has 2 atom stereocenters. The van der Waals surface area contributed by atoms with Gasteiger partial charge in [0.25, 0.3) is 0 Å². The quantitative estimate of drug-likeness (QED) is 0.727. The van der Waals surface area contributed by atoms with Crippen LogP contribution >= 0.6 is 11.8 Å². The maximum absolute atomic E-state index is 10.6. The number of hydrogen-bond donors (Lipinski definition) is 1. The third-order valence-corrected chi connectivity index (χ3v) is 4.83. The molecule has 3 heteroatoms. The fourth-order valence-electron chi connectivity index (χ4n) is 2.41. The van der Waals surface area contributed by atoms with Gasteiger partial charge in [-0.2, -0.15) is 11.8 Å². The molecule has 1 saturated carbocycles. The molecule has 0 aromatic heterocycles. The van der Waals surface area contributed by atoms with Crippen LogP contribution in [0.15, 0.2) is 0 Å². The fraction of sp³-hybridized carbons (Fsp3) is 0.909. The first kappa shape index (κ1) is 10.5. The van der Waals surface area contributed by atoms with E-state index in [9.17, 15) is 4.79 Å². The summed E-state index contributed by atoms with van der Waals surface area (Å²) in [5.41, 5.74) is 0. The van der Waals surface area contributed by atoms with E-state index in [1.54, 1.807) is 0 Å². The lowest BCUT2D eigenvalue weighted by Gasteiger charge is -2.23. The number of aldehydes is 1. The van der Waals surface area contributed by atoms with Crippen molar-refractivity contribution in [2.24, 2.45) is 0 Å². The van der Waals surface area contributed by atoms with E-state index in [1.807, 2.05) is 0 Å². The van der Waals surface area contributed by atoms with Gasteiger partial charge < -0.3 is 10.1 Å². The van der Waals surface area contributed by atoms with E-state index in [0.717, 1.165) is 24.5 Å². The average Bonchev–Trinajstić information content (AvgIpc) is 2.67. The highest BCUT2D eigenvalue weighted by molar-refractivity contribution is 8.00. The molecule has 14 heavy (non-hydrogen) atoms. The minimum atomic E-state index is 0.135. The monoisotopic (exact) mass is 213 g/mol. The van der Waals surface area contributed by atoms with E-state index in [0.29, 0.717) is 5.25 Å². The van der Waals surface area contributed by atoms with Crippen molar-refractivity contribution >= 4 is 18.0 Å². The van der Waals surface area contributed by atoms with E-state index in [1.165, 1.54) is 32.1 Å². The van der Waals surface area contributed by atoms with Crippen molar-refractivity contribution in [2.75, 3.05) is 6.54 Å². The summed E-state index contributed by atoms with van der Waals surface area (Å²) in [7, 11) is 0. The molecule has 0 bridgehead atoms. The zero-order valence-electron chi connectivity index (χ0n) is 8.58. The van der Waals surface area contributed by atoms with E-state index < -0.39 is 0 Å². The molecular formula is C11H19NOS. The van der Waals surface area contributed by atoms with Crippen LogP contribution in [0.3, 0.4) is 0 Å². The number of thioether (sulfide) groups is 1. The second-order valence-corrected chi connectivity index (χ2v) is 6.01. The molecule has 1 aliphatic carbocycles. The lowest BCUT2D eigenvalue weighted by Crippen LogP contribution is -2.22. The van der Waals surface area contributed by atoms with Gasteiger partial charge in [0.1, 0.15) is 6.29 Å². The van der Waals surface area contributed by atoms with Crippen molar-refractivity contribution in [3.63, 3.8) is 0 Å². The smallest absolute Gasteiger partial charge is 0.136 e. The van der Waals surface area contributed by atoms with E-state index >= 15 is 0 Å². The van der Waals surface area contributed by atoms with Crippen molar-refractivity contribution < 1.29 is 4.79 Å². The topological polar surface area (TPSA) is 29.1 Å². The Hall–Kier alpha value is -0.0200. The SMILES string of the molecule is O=C[C@@H]1C[C@@H](SC2CCCCC2)CN1. The van der Waals surface area contributed by atoms with Crippen LogP contribution in [0.2, 0.25) is 0 Å². The van der Waals surface area contributed by atoms with Gasteiger partial charge in [-0.25, -0.2) is 0 Å². The maximum atomic E-state index is 10.6. The predicted octanol–water partition coefficient (Wildman–Crippen LogP) is 1.98. The van der Waals surface area contributed by atoms with Crippen LogP contribution in [0.4, 0.5) is 0 Å². The van der Waals surface area contributed by atoms with Crippen LogP contribution in [0, 0.1) is 0 Å². The second kappa shape index (κ2) is 5.17. The van der Waals surface area contributed by atoms with Gasteiger partial charge in [-0.1, -0.05) is 19.3 Å². The molecule has 1 saturated heterocycles. The summed E-state index contributed by atoms with van der Waals surface area (Å²) in [5, 5.41) is 4.82. The molecule has 0 amide bonds. The maximum Gasteiger partial charge on any atom is 0.136 e. The third kappa shape index (κ3) is 2.74. The highest BCUT2D eigenvalue weighted by atomic mass is 32.2.